The van der Waals surface area contributed by atoms with Gasteiger partial charge in [0.2, 0.25) is 10.0 Å². The van der Waals surface area contributed by atoms with Crippen LogP contribution in [-0.2, 0) is 10.0 Å². The molecule has 5 nitrogen and oxygen atoms in total. The molecule has 1 aliphatic rings. The number of benzene rings is 1. The number of aryl methyl sites for hydroxylation is 2. The molecule has 0 atom stereocenters. The summed E-state index contributed by atoms with van der Waals surface area (Å²) in [6, 6.07) is 9.45. The van der Waals surface area contributed by atoms with Gasteiger partial charge in [-0.25, -0.2) is 8.42 Å². The summed E-state index contributed by atoms with van der Waals surface area (Å²) in [4.78, 5) is 8.09. The van der Waals surface area contributed by atoms with Crippen molar-refractivity contribution in [3.8, 4) is 0 Å². The third-order valence-corrected chi connectivity index (χ3v) is 6.92. The van der Waals surface area contributed by atoms with Crippen LogP contribution < -0.4 is 0 Å². The molecule has 6 heteroatoms. The Morgan fingerprint density at radius 1 is 1.19 bits per heavy atom. The van der Waals surface area contributed by atoms with Gasteiger partial charge in [0.15, 0.2) is 0 Å². The molecule has 26 heavy (non-hydrogen) atoms. The fraction of sp³-hybridized carbons (Fsp3) is 0.250. The maximum atomic E-state index is 13.0. The van der Waals surface area contributed by atoms with E-state index in [-0.39, 0.29) is 0 Å². The van der Waals surface area contributed by atoms with Crippen LogP contribution in [0.2, 0.25) is 0 Å². The highest BCUT2D eigenvalue weighted by Crippen LogP contribution is 2.30. The average molecular weight is 367 g/mol. The number of nitrogens with zero attached hydrogens (tertiary/aromatic N) is 2. The number of hydrogen-bond donors (Lipinski definition) is 1. The zero-order chi connectivity index (χ0) is 18.3. The Hall–Kier alpha value is -2.44. The van der Waals surface area contributed by atoms with E-state index in [1.165, 1.54) is 0 Å². The molecule has 0 amide bonds. The first kappa shape index (κ1) is 17.0. The van der Waals surface area contributed by atoms with Crippen molar-refractivity contribution in [1.29, 1.82) is 0 Å². The minimum atomic E-state index is -3.48. The summed E-state index contributed by atoms with van der Waals surface area (Å²) in [6.07, 6.45) is 6.41. The predicted molar refractivity (Wildman–Crippen MR) is 103 cm³/mol. The fourth-order valence-electron chi connectivity index (χ4n) is 3.44. The molecule has 0 aliphatic carbocycles. The van der Waals surface area contributed by atoms with Gasteiger partial charge in [0, 0.05) is 31.0 Å². The van der Waals surface area contributed by atoms with E-state index >= 15 is 0 Å². The number of aromatic nitrogens is 2. The Balaban J connectivity index is 1.64. The molecule has 1 aliphatic heterocycles. The molecule has 1 aromatic carbocycles. The van der Waals surface area contributed by atoms with Crippen molar-refractivity contribution in [1.82, 2.24) is 14.3 Å². The van der Waals surface area contributed by atoms with Crippen LogP contribution >= 0.6 is 0 Å². The summed E-state index contributed by atoms with van der Waals surface area (Å²) in [5.41, 5.74) is 5.86. The van der Waals surface area contributed by atoms with E-state index in [0.29, 0.717) is 24.4 Å². The zero-order valence-corrected chi connectivity index (χ0v) is 15.7. The lowest BCUT2D eigenvalue weighted by atomic mass is 10.0. The van der Waals surface area contributed by atoms with Crippen molar-refractivity contribution in [2.75, 3.05) is 13.1 Å². The van der Waals surface area contributed by atoms with Crippen LogP contribution in [0.25, 0.3) is 16.6 Å². The molecule has 0 saturated carbocycles. The van der Waals surface area contributed by atoms with Gasteiger partial charge in [0.25, 0.3) is 0 Å². The van der Waals surface area contributed by atoms with E-state index < -0.39 is 10.0 Å². The van der Waals surface area contributed by atoms with Gasteiger partial charge in [-0.2, -0.15) is 4.31 Å². The van der Waals surface area contributed by atoms with Gasteiger partial charge < -0.3 is 4.98 Å². The third-order valence-electron chi connectivity index (χ3n) is 4.91. The number of pyridine rings is 1. The highest BCUT2D eigenvalue weighted by atomic mass is 32.2. The normalized spacial score (nSPS) is 16.0. The first-order valence-corrected chi connectivity index (χ1v) is 10.1. The van der Waals surface area contributed by atoms with Crippen LogP contribution in [0.3, 0.4) is 0 Å². The van der Waals surface area contributed by atoms with Gasteiger partial charge in [0.05, 0.1) is 15.9 Å². The van der Waals surface area contributed by atoms with Crippen LogP contribution in [0, 0.1) is 13.8 Å². The molecule has 1 N–H and O–H groups in total. The van der Waals surface area contributed by atoms with Crippen molar-refractivity contribution in [2.24, 2.45) is 0 Å². The van der Waals surface area contributed by atoms with Crippen LogP contribution in [-0.4, -0.2) is 35.8 Å². The number of nitrogens with one attached hydrogen (secondary N) is 1. The lowest BCUT2D eigenvalue weighted by Gasteiger charge is -2.26. The standard InChI is InChI=1S/C20H21N3O2S/c1-14-5-6-15(2)19(12-14)26(24,25)23-10-7-16(8-11-23)17-13-22-18-4-3-9-21-20(17)18/h3-7,9,12-13,22H,8,10-11H2,1-2H3. The highest BCUT2D eigenvalue weighted by Gasteiger charge is 2.28. The third kappa shape index (κ3) is 2.85. The highest BCUT2D eigenvalue weighted by molar-refractivity contribution is 7.89. The van der Waals surface area contributed by atoms with Gasteiger partial charge in [-0.15, -0.1) is 0 Å². The molecule has 0 spiro atoms. The van der Waals surface area contributed by atoms with Gasteiger partial charge in [-0.1, -0.05) is 18.2 Å². The Morgan fingerprint density at radius 2 is 2.04 bits per heavy atom. The number of H-pyrrole nitrogens is 1. The van der Waals surface area contributed by atoms with Crippen molar-refractivity contribution in [2.45, 2.75) is 25.2 Å². The summed E-state index contributed by atoms with van der Waals surface area (Å²) in [6.45, 7) is 4.61. The van der Waals surface area contributed by atoms with E-state index in [0.717, 1.165) is 33.3 Å². The maximum absolute atomic E-state index is 13.0. The molecule has 0 saturated heterocycles. The summed E-state index contributed by atoms with van der Waals surface area (Å²) in [5.74, 6) is 0. The minimum Gasteiger partial charge on any atom is -0.359 e. The second-order valence-electron chi connectivity index (χ2n) is 6.71. The molecule has 3 aromatic rings. The molecule has 4 rings (SSSR count). The van der Waals surface area contributed by atoms with Crippen LogP contribution in [0.4, 0.5) is 0 Å². The Kier molecular flexibility index (Phi) is 4.17. The number of sulfonamides is 1. The number of hydrogen-bond acceptors (Lipinski definition) is 3. The molecule has 0 radical (unpaired) electrons. The molecule has 0 unspecified atom stereocenters. The minimum absolute atomic E-state index is 0.380. The fourth-order valence-corrected chi connectivity index (χ4v) is 5.13. The number of rotatable bonds is 3. The predicted octanol–water partition coefficient (Wildman–Crippen LogP) is 3.66. The van der Waals surface area contributed by atoms with Gasteiger partial charge in [-0.05, 0) is 55.2 Å². The van der Waals surface area contributed by atoms with Crippen molar-refractivity contribution < 1.29 is 8.42 Å². The SMILES string of the molecule is Cc1ccc(C)c(S(=O)(=O)N2CC=C(c3c[nH]c4cccnc34)CC2)c1. The molecular formula is C20H21N3O2S. The molecular weight excluding hydrogens is 346 g/mol. The first-order valence-electron chi connectivity index (χ1n) is 8.66. The van der Waals surface area contributed by atoms with Crippen molar-refractivity contribution >= 4 is 26.6 Å². The van der Waals surface area contributed by atoms with E-state index in [9.17, 15) is 8.42 Å². The Bertz CT molecular complexity index is 1110. The summed E-state index contributed by atoms with van der Waals surface area (Å²) in [7, 11) is -3.48. The van der Waals surface area contributed by atoms with Gasteiger partial charge in [0.1, 0.15) is 0 Å². The molecule has 0 fully saturated rings. The first-order chi connectivity index (χ1) is 12.5. The van der Waals surface area contributed by atoms with Crippen LogP contribution in [0.5, 0.6) is 0 Å². The monoisotopic (exact) mass is 367 g/mol. The molecule has 2 aromatic heterocycles. The summed E-state index contributed by atoms with van der Waals surface area (Å²) >= 11 is 0. The zero-order valence-electron chi connectivity index (χ0n) is 14.9. The van der Waals surface area contributed by atoms with Crippen LogP contribution in [0.1, 0.15) is 23.1 Å². The Morgan fingerprint density at radius 3 is 2.81 bits per heavy atom. The largest absolute Gasteiger partial charge is 0.359 e. The summed E-state index contributed by atoms with van der Waals surface area (Å²) < 4.78 is 27.6. The number of fused-ring (bicyclic) bond motifs is 1. The lowest BCUT2D eigenvalue weighted by Crippen LogP contribution is -2.35. The number of aromatic amines is 1. The topological polar surface area (TPSA) is 66.1 Å². The average Bonchev–Trinajstić information content (AvgIpc) is 3.08. The maximum Gasteiger partial charge on any atom is 0.243 e. The quantitative estimate of drug-likeness (QED) is 0.768. The van der Waals surface area contributed by atoms with E-state index in [1.807, 2.05) is 50.4 Å². The molecule has 134 valence electrons. The van der Waals surface area contributed by atoms with E-state index in [1.54, 1.807) is 16.6 Å². The Labute approximate surface area is 153 Å². The van der Waals surface area contributed by atoms with Gasteiger partial charge in [-0.3, -0.25) is 4.98 Å². The molecule has 0 bridgehead atoms. The van der Waals surface area contributed by atoms with Crippen molar-refractivity contribution in [3.05, 3.63) is 65.5 Å². The molecule has 3 heterocycles. The lowest BCUT2D eigenvalue weighted by molar-refractivity contribution is 0.441. The van der Waals surface area contributed by atoms with Crippen molar-refractivity contribution in [3.63, 3.8) is 0 Å². The second-order valence-corrected chi connectivity index (χ2v) is 8.62. The van der Waals surface area contributed by atoms with Gasteiger partial charge >= 0.3 is 0 Å². The van der Waals surface area contributed by atoms with E-state index in [4.69, 9.17) is 0 Å². The van der Waals surface area contributed by atoms with Crippen LogP contribution in [0.15, 0.2) is 53.7 Å². The second kappa shape index (κ2) is 6.37. The van der Waals surface area contributed by atoms with E-state index in [2.05, 4.69) is 9.97 Å². The summed E-state index contributed by atoms with van der Waals surface area (Å²) in [5, 5.41) is 0. The smallest absolute Gasteiger partial charge is 0.243 e.